The molecule has 0 bridgehead atoms. The van der Waals surface area contributed by atoms with Crippen LogP contribution in [0.5, 0.6) is 0 Å². The summed E-state index contributed by atoms with van der Waals surface area (Å²) in [5, 5.41) is 9.11. The average Bonchev–Trinajstić information content (AvgIpc) is 3.02. The van der Waals surface area contributed by atoms with Crippen molar-refractivity contribution in [3.63, 3.8) is 0 Å². The van der Waals surface area contributed by atoms with E-state index in [1.807, 2.05) is 12.1 Å². The predicted octanol–water partition coefficient (Wildman–Crippen LogP) is 1.01. The molecule has 0 aromatic heterocycles. The van der Waals surface area contributed by atoms with Crippen molar-refractivity contribution in [2.75, 3.05) is 49.6 Å². The number of nitrogens with zero attached hydrogens (tertiary/aromatic N) is 1. The number of ether oxygens (including phenoxy) is 1. The first-order valence-electron chi connectivity index (χ1n) is 7.52. The number of urea groups is 1. The van der Waals surface area contributed by atoms with Crippen LogP contribution in [0.25, 0.3) is 0 Å². The van der Waals surface area contributed by atoms with Crippen molar-refractivity contribution in [1.29, 1.82) is 0 Å². The van der Waals surface area contributed by atoms with Crippen molar-refractivity contribution >= 4 is 17.4 Å². The predicted molar refractivity (Wildman–Crippen MR) is 82.9 cm³/mol. The van der Waals surface area contributed by atoms with E-state index in [1.54, 1.807) is 0 Å². The van der Waals surface area contributed by atoms with Gasteiger partial charge in [-0.2, -0.15) is 0 Å². The number of hydrogen-bond acceptors (Lipinski definition) is 4. The molecule has 21 heavy (non-hydrogen) atoms. The molecule has 0 aliphatic carbocycles. The Labute approximate surface area is 124 Å². The number of carbonyl (C=O) groups is 1. The molecule has 2 amide bonds. The van der Waals surface area contributed by atoms with Gasteiger partial charge >= 0.3 is 6.03 Å². The van der Waals surface area contributed by atoms with Crippen molar-refractivity contribution in [3.05, 3.63) is 24.3 Å². The molecule has 114 valence electrons. The Morgan fingerprint density at radius 1 is 1.24 bits per heavy atom. The van der Waals surface area contributed by atoms with Gasteiger partial charge in [0.15, 0.2) is 0 Å². The average molecular weight is 290 g/mol. The maximum Gasteiger partial charge on any atom is 0.319 e. The monoisotopic (exact) mass is 290 g/mol. The minimum Gasteiger partial charge on any atom is -0.379 e. The van der Waals surface area contributed by atoms with Crippen molar-refractivity contribution in [2.45, 2.75) is 12.5 Å². The van der Waals surface area contributed by atoms with Gasteiger partial charge in [-0.05, 0) is 30.7 Å². The Morgan fingerprint density at radius 3 is 2.67 bits per heavy atom. The van der Waals surface area contributed by atoms with Gasteiger partial charge < -0.3 is 25.6 Å². The molecule has 6 heteroatoms. The fourth-order valence-electron chi connectivity index (χ4n) is 2.68. The zero-order chi connectivity index (χ0) is 14.5. The molecule has 2 aliphatic rings. The van der Waals surface area contributed by atoms with Gasteiger partial charge in [0.1, 0.15) is 0 Å². The summed E-state index contributed by atoms with van der Waals surface area (Å²) in [6.45, 7) is 5.42. The second-order valence-corrected chi connectivity index (χ2v) is 5.44. The van der Waals surface area contributed by atoms with E-state index < -0.39 is 0 Å². The van der Waals surface area contributed by atoms with Crippen LogP contribution in [-0.2, 0) is 4.74 Å². The topological polar surface area (TPSA) is 65.6 Å². The number of rotatable bonds is 3. The van der Waals surface area contributed by atoms with Gasteiger partial charge in [0.05, 0.1) is 12.6 Å². The number of amides is 2. The quantitative estimate of drug-likeness (QED) is 0.777. The lowest BCUT2D eigenvalue weighted by Crippen LogP contribution is -2.43. The van der Waals surface area contributed by atoms with E-state index >= 15 is 0 Å². The Bertz CT molecular complexity index is 465. The van der Waals surface area contributed by atoms with Crippen molar-refractivity contribution in [3.8, 4) is 0 Å². The fourth-order valence-corrected chi connectivity index (χ4v) is 2.68. The highest BCUT2D eigenvalue weighted by Gasteiger charge is 2.17. The molecule has 0 spiro atoms. The third-order valence-electron chi connectivity index (χ3n) is 3.87. The van der Waals surface area contributed by atoms with Gasteiger partial charge in [0.25, 0.3) is 0 Å². The summed E-state index contributed by atoms with van der Waals surface area (Å²) < 4.78 is 5.24. The van der Waals surface area contributed by atoms with Crippen LogP contribution in [0.3, 0.4) is 0 Å². The Hall–Kier alpha value is -1.79. The Kier molecular flexibility index (Phi) is 4.57. The Morgan fingerprint density at radius 2 is 2.00 bits per heavy atom. The smallest absolute Gasteiger partial charge is 0.319 e. The van der Waals surface area contributed by atoms with E-state index in [2.05, 4.69) is 33.0 Å². The Balaban J connectivity index is 1.52. The van der Waals surface area contributed by atoms with Crippen LogP contribution in [0.4, 0.5) is 16.2 Å². The van der Waals surface area contributed by atoms with E-state index in [0.717, 1.165) is 44.9 Å². The third-order valence-corrected chi connectivity index (χ3v) is 3.87. The number of carbonyl (C=O) groups excluding carboxylic acids is 1. The van der Waals surface area contributed by atoms with E-state index in [1.165, 1.54) is 5.69 Å². The maximum absolute atomic E-state index is 11.9. The van der Waals surface area contributed by atoms with E-state index in [-0.39, 0.29) is 12.1 Å². The lowest BCUT2D eigenvalue weighted by atomic mass is 10.2. The zero-order valence-corrected chi connectivity index (χ0v) is 12.1. The molecular weight excluding hydrogens is 268 g/mol. The second kappa shape index (κ2) is 6.78. The minimum atomic E-state index is -0.166. The lowest BCUT2D eigenvalue weighted by molar-refractivity contribution is 0.189. The third kappa shape index (κ3) is 3.86. The molecule has 3 N–H and O–H groups in total. The summed E-state index contributed by atoms with van der Waals surface area (Å²) in [5.41, 5.74) is 2.01. The number of anilines is 2. The molecule has 0 saturated carbocycles. The van der Waals surface area contributed by atoms with Crippen LogP contribution in [0, 0.1) is 0 Å². The van der Waals surface area contributed by atoms with E-state index in [9.17, 15) is 4.79 Å². The normalized spacial score (nSPS) is 22.1. The minimum absolute atomic E-state index is 0.130. The highest BCUT2D eigenvalue weighted by Crippen LogP contribution is 2.18. The fraction of sp³-hybridized carbons (Fsp3) is 0.533. The number of nitrogens with one attached hydrogen (secondary N) is 3. The van der Waals surface area contributed by atoms with Gasteiger partial charge in [-0.3, -0.25) is 0 Å². The van der Waals surface area contributed by atoms with Crippen molar-refractivity contribution < 1.29 is 9.53 Å². The van der Waals surface area contributed by atoms with Gasteiger partial charge in [0, 0.05) is 44.2 Å². The molecule has 2 saturated heterocycles. The number of piperazine rings is 1. The number of benzene rings is 1. The van der Waals surface area contributed by atoms with Gasteiger partial charge in [-0.15, -0.1) is 0 Å². The van der Waals surface area contributed by atoms with Crippen LogP contribution < -0.4 is 20.9 Å². The molecule has 1 atom stereocenters. The molecule has 2 fully saturated rings. The van der Waals surface area contributed by atoms with E-state index in [0.29, 0.717) is 6.61 Å². The first-order valence-corrected chi connectivity index (χ1v) is 7.52. The molecule has 3 rings (SSSR count). The molecule has 6 nitrogen and oxygen atoms in total. The molecule has 0 radical (unpaired) electrons. The molecular formula is C15H22N4O2. The summed E-state index contributed by atoms with van der Waals surface area (Å²) >= 11 is 0. The molecule has 2 heterocycles. The van der Waals surface area contributed by atoms with Crippen molar-refractivity contribution in [2.24, 2.45) is 0 Å². The summed E-state index contributed by atoms with van der Waals surface area (Å²) in [5.74, 6) is 0. The maximum atomic E-state index is 11.9. The highest BCUT2D eigenvalue weighted by molar-refractivity contribution is 5.89. The largest absolute Gasteiger partial charge is 0.379 e. The van der Waals surface area contributed by atoms with E-state index in [4.69, 9.17) is 4.74 Å². The molecule has 1 unspecified atom stereocenters. The first-order chi connectivity index (χ1) is 10.3. The summed E-state index contributed by atoms with van der Waals surface area (Å²) in [4.78, 5) is 14.2. The first kappa shape index (κ1) is 14.2. The molecule has 2 aliphatic heterocycles. The van der Waals surface area contributed by atoms with Crippen LogP contribution in [0.2, 0.25) is 0 Å². The van der Waals surface area contributed by atoms with Crippen LogP contribution in [-0.4, -0.2) is 51.5 Å². The van der Waals surface area contributed by atoms with Gasteiger partial charge in [0.2, 0.25) is 0 Å². The van der Waals surface area contributed by atoms with Gasteiger partial charge in [-0.25, -0.2) is 4.79 Å². The van der Waals surface area contributed by atoms with Crippen LogP contribution in [0.1, 0.15) is 6.42 Å². The summed E-state index contributed by atoms with van der Waals surface area (Å²) in [6, 6.07) is 7.97. The SMILES string of the molecule is O=C(Nc1ccc(N2CCNCC2)cc1)NC1CCOC1. The van der Waals surface area contributed by atoms with Crippen molar-refractivity contribution in [1.82, 2.24) is 10.6 Å². The second-order valence-electron chi connectivity index (χ2n) is 5.44. The highest BCUT2D eigenvalue weighted by atomic mass is 16.5. The molecule has 1 aromatic rings. The van der Waals surface area contributed by atoms with Crippen LogP contribution >= 0.6 is 0 Å². The lowest BCUT2D eigenvalue weighted by Gasteiger charge is -2.29. The van der Waals surface area contributed by atoms with Crippen LogP contribution in [0.15, 0.2) is 24.3 Å². The number of hydrogen-bond donors (Lipinski definition) is 3. The van der Waals surface area contributed by atoms with Gasteiger partial charge in [-0.1, -0.05) is 0 Å². The zero-order valence-electron chi connectivity index (χ0n) is 12.1. The standard InChI is InChI=1S/C15H22N4O2/c20-15(18-13-5-10-21-11-13)17-12-1-3-14(4-2-12)19-8-6-16-7-9-19/h1-4,13,16H,5-11H2,(H2,17,18,20). The summed E-state index contributed by atoms with van der Waals surface area (Å²) in [7, 11) is 0. The summed E-state index contributed by atoms with van der Waals surface area (Å²) in [6.07, 6.45) is 0.884. The molecule has 1 aromatic carbocycles.